The van der Waals surface area contributed by atoms with Crippen molar-refractivity contribution in [1.82, 2.24) is 4.98 Å². The summed E-state index contributed by atoms with van der Waals surface area (Å²) in [5, 5.41) is 0. The SMILES string of the molecule is CCc1[nH]c(=O)c(N)cc1C(=S)c1ccc(C)cc1. The zero-order valence-electron chi connectivity index (χ0n) is 11.0. The fraction of sp³-hybridized carbons (Fsp3) is 0.200. The minimum atomic E-state index is -0.257. The number of benzene rings is 1. The molecule has 3 nitrogen and oxygen atoms in total. The van der Waals surface area contributed by atoms with E-state index in [1.54, 1.807) is 6.07 Å². The third kappa shape index (κ3) is 2.74. The Balaban J connectivity index is 2.52. The molecule has 1 heterocycles. The van der Waals surface area contributed by atoms with Crippen molar-refractivity contribution in [3.8, 4) is 0 Å². The molecule has 0 atom stereocenters. The molecular formula is C15H16N2OS. The molecular weight excluding hydrogens is 256 g/mol. The van der Waals surface area contributed by atoms with Crippen LogP contribution in [-0.2, 0) is 6.42 Å². The Morgan fingerprint density at radius 1 is 1.32 bits per heavy atom. The number of nitrogens with one attached hydrogen (secondary N) is 1. The summed E-state index contributed by atoms with van der Waals surface area (Å²) in [5.74, 6) is 0. The van der Waals surface area contributed by atoms with Crippen LogP contribution in [0.1, 0.15) is 29.3 Å². The van der Waals surface area contributed by atoms with Crippen LogP contribution in [0.5, 0.6) is 0 Å². The number of thiocarbonyl (C=S) groups is 1. The van der Waals surface area contributed by atoms with Gasteiger partial charge < -0.3 is 10.7 Å². The topological polar surface area (TPSA) is 58.9 Å². The third-order valence-electron chi connectivity index (χ3n) is 3.06. The molecule has 1 aromatic carbocycles. The molecule has 0 fully saturated rings. The summed E-state index contributed by atoms with van der Waals surface area (Å²) in [6.07, 6.45) is 0.705. The fourth-order valence-electron chi connectivity index (χ4n) is 1.93. The van der Waals surface area contributed by atoms with E-state index in [-0.39, 0.29) is 11.2 Å². The van der Waals surface area contributed by atoms with Gasteiger partial charge in [0, 0.05) is 11.3 Å². The van der Waals surface area contributed by atoms with Crippen LogP contribution >= 0.6 is 12.2 Å². The first-order valence-corrected chi connectivity index (χ1v) is 6.56. The van der Waals surface area contributed by atoms with Gasteiger partial charge in [-0.05, 0) is 25.0 Å². The van der Waals surface area contributed by atoms with Crippen molar-refractivity contribution < 1.29 is 0 Å². The molecule has 0 spiro atoms. The molecule has 2 rings (SSSR count). The number of aromatic amines is 1. The maximum Gasteiger partial charge on any atom is 0.271 e. The fourth-order valence-corrected chi connectivity index (χ4v) is 2.24. The van der Waals surface area contributed by atoms with E-state index in [9.17, 15) is 4.79 Å². The first kappa shape index (κ1) is 13.5. The summed E-state index contributed by atoms with van der Waals surface area (Å²) < 4.78 is 0. The Kier molecular flexibility index (Phi) is 3.81. The van der Waals surface area contributed by atoms with E-state index in [2.05, 4.69) is 4.98 Å². The van der Waals surface area contributed by atoms with Crippen molar-refractivity contribution in [2.45, 2.75) is 20.3 Å². The van der Waals surface area contributed by atoms with Crippen LogP contribution in [0.3, 0.4) is 0 Å². The van der Waals surface area contributed by atoms with Crippen LogP contribution in [-0.4, -0.2) is 9.85 Å². The van der Waals surface area contributed by atoms with E-state index < -0.39 is 0 Å². The zero-order chi connectivity index (χ0) is 14.0. The van der Waals surface area contributed by atoms with Crippen LogP contribution < -0.4 is 11.3 Å². The number of nitrogens with two attached hydrogens (primary N) is 1. The lowest BCUT2D eigenvalue weighted by Gasteiger charge is -2.10. The van der Waals surface area contributed by atoms with Gasteiger partial charge in [0.2, 0.25) is 0 Å². The van der Waals surface area contributed by atoms with Gasteiger partial charge in [0.1, 0.15) is 0 Å². The predicted octanol–water partition coefficient (Wildman–Crippen LogP) is 2.59. The Labute approximate surface area is 117 Å². The number of hydrogen-bond acceptors (Lipinski definition) is 3. The molecule has 98 valence electrons. The van der Waals surface area contributed by atoms with Crippen LogP contribution in [0.2, 0.25) is 0 Å². The molecule has 0 bridgehead atoms. The third-order valence-corrected chi connectivity index (χ3v) is 3.52. The number of rotatable bonds is 3. The molecule has 0 saturated heterocycles. The number of anilines is 1. The van der Waals surface area contributed by atoms with E-state index >= 15 is 0 Å². The number of aryl methyl sites for hydroxylation is 2. The lowest BCUT2D eigenvalue weighted by Crippen LogP contribution is -2.18. The Bertz CT molecular complexity index is 672. The number of H-pyrrole nitrogens is 1. The smallest absolute Gasteiger partial charge is 0.271 e. The minimum absolute atomic E-state index is 0.196. The van der Waals surface area contributed by atoms with Crippen molar-refractivity contribution in [3.63, 3.8) is 0 Å². The quantitative estimate of drug-likeness (QED) is 0.667. The molecule has 2 aromatic rings. The summed E-state index contributed by atoms with van der Waals surface area (Å²) in [7, 11) is 0. The van der Waals surface area contributed by atoms with Crippen LogP contribution in [0.25, 0.3) is 0 Å². The Morgan fingerprint density at radius 3 is 2.53 bits per heavy atom. The maximum atomic E-state index is 11.5. The van der Waals surface area contributed by atoms with E-state index in [0.717, 1.165) is 16.8 Å². The first-order chi connectivity index (χ1) is 9.02. The zero-order valence-corrected chi connectivity index (χ0v) is 11.8. The van der Waals surface area contributed by atoms with Crippen LogP contribution in [0.15, 0.2) is 35.1 Å². The molecule has 0 aliphatic rings. The lowest BCUT2D eigenvalue weighted by atomic mass is 10.0. The molecule has 0 unspecified atom stereocenters. The second kappa shape index (κ2) is 5.36. The minimum Gasteiger partial charge on any atom is -0.394 e. The van der Waals surface area contributed by atoms with E-state index in [4.69, 9.17) is 18.0 Å². The average Bonchev–Trinajstić information content (AvgIpc) is 2.41. The number of pyridine rings is 1. The summed E-state index contributed by atoms with van der Waals surface area (Å²) in [6.45, 7) is 4.00. The van der Waals surface area contributed by atoms with E-state index in [1.165, 1.54) is 5.56 Å². The maximum absolute atomic E-state index is 11.5. The highest BCUT2D eigenvalue weighted by molar-refractivity contribution is 7.81. The number of nitrogen functional groups attached to an aromatic ring is 1. The molecule has 0 saturated carbocycles. The van der Waals surface area contributed by atoms with Crippen molar-refractivity contribution in [3.05, 3.63) is 63.1 Å². The highest BCUT2D eigenvalue weighted by Crippen LogP contribution is 2.16. The van der Waals surface area contributed by atoms with Crippen molar-refractivity contribution >= 4 is 22.8 Å². The molecule has 4 heteroatoms. The number of hydrogen-bond donors (Lipinski definition) is 2. The van der Waals surface area contributed by atoms with Gasteiger partial charge in [-0.3, -0.25) is 4.79 Å². The van der Waals surface area contributed by atoms with Gasteiger partial charge in [0.25, 0.3) is 5.56 Å². The number of aromatic nitrogens is 1. The van der Waals surface area contributed by atoms with Gasteiger partial charge in [-0.25, -0.2) is 0 Å². The molecule has 0 aliphatic carbocycles. The predicted molar refractivity (Wildman–Crippen MR) is 82.8 cm³/mol. The standard InChI is InChI=1S/C15H16N2OS/c1-3-13-11(8-12(16)15(18)17-13)14(19)10-6-4-9(2)5-7-10/h4-8H,3,16H2,1-2H3,(H,17,18). The van der Waals surface area contributed by atoms with Crippen molar-refractivity contribution in [2.24, 2.45) is 0 Å². The van der Waals surface area contributed by atoms with Gasteiger partial charge >= 0.3 is 0 Å². The Hall–Kier alpha value is -1.94. The second-order valence-corrected chi connectivity index (χ2v) is 4.90. The van der Waals surface area contributed by atoms with Gasteiger partial charge in [-0.15, -0.1) is 0 Å². The summed E-state index contributed by atoms with van der Waals surface area (Å²) in [6, 6.07) is 9.67. The molecule has 0 aliphatic heterocycles. The van der Waals surface area contributed by atoms with E-state index in [0.29, 0.717) is 11.3 Å². The van der Waals surface area contributed by atoms with Gasteiger partial charge in [-0.1, -0.05) is 49.0 Å². The van der Waals surface area contributed by atoms with Gasteiger partial charge in [0.05, 0.1) is 10.6 Å². The van der Waals surface area contributed by atoms with Gasteiger partial charge in [-0.2, -0.15) is 0 Å². The monoisotopic (exact) mass is 272 g/mol. The molecule has 0 amide bonds. The first-order valence-electron chi connectivity index (χ1n) is 6.16. The lowest BCUT2D eigenvalue weighted by molar-refractivity contribution is 1.01. The molecule has 0 radical (unpaired) electrons. The Morgan fingerprint density at radius 2 is 1.95 bits per heavy atom. The van der Waals surface area contributed by atoms with Gasteiger partial charge in [0.15, 0.2) is 0 Å². The normalized spacial score (nSPS) is 10.4. The van der Waals surface area contributed by atoms with Crippen LogP contribution in [0.4, 0.5) is 5.69 Å². The molecule has 1 aromatic heterocycles. The summed E-state index contributed by atoms with van der Waals surface area (Å²) >= 11 is 5.51. The van der Waals surface area contributed by atoms with Crippen molar-refractivity contribution in [2.75, 3.05) is 5.73 Å². The molecule has 19 heavy (non-hydrogen) atoms. The molecule has 3 N–H and O–H groups in total. The highest BCUT2D eigenvalue weighted by Gasteiger charge is 2.11. The average molecular weight is 272 g/mol. The van der Waals surface area contributed by atoms with E-state index in [1.807, 2.05) is 38.1 Å². The summed E-state index contributed by atoms with van der Waals surface area (Å²) in [5.41, 5.74) is 9.42. The highest BCUT2D eigenvalue weighted by atomic mass is 32.1. The van der Waals surface area contributed by atoms with Crippen LogP contribution in [0, 0.1) is 6.92 Å². The van der Waals surface area contributed by atoms with Crippen molar-refractivity contribution in [1.29, 1.82) is 0 Å². The summed E-state index contributed by atoms with van der Waals surface area (Å²) in [4.78, 5) is 15.0. The largest absolute Gasteiger partial charge is 0.394 e. The second-order valence-electron chi connectivity index (χ2n) is 4.49.